The van der Waals surface area contributed by atoms with E-state index >= 15 is 0 Å². The Hall–Kier alpha value is -1.30. The summed E-state index contributed by atoms with van der Waals surface area (Å²) in [6.45, 7) is 5.71. The highest BCUT2D eigenvalue weighted by molar-refractivity contribution is 5.86. The number of hydrogen-bond acceptors (Lipinski definition) is 3. The highest BCUT2D eigenvalue weighted by Gasteiger charge is 2.23. The molecule has 0 heterocycles. The topological polar surface area (TPSA) is 93.4 Å². The molecule has 0 spiro atoms. The Morgan fingerprint density at radius 2 is 2.00 bits per heavy atom. The number of nitrogens with one attached hydrogen (secondary N) is 2. The molecule has 0 aromatic carbocycles. The molecule has 0 aliphatic rings. The molecule has 6 nitrogen and oxygen atoms in total. The van der Waals surface area contributed by atoms with Gasteiger partial charge in [0.2, 0.25) is 0 Å². The summed E-state index contributed by atoms with van der Waals surface area (Å²) in [5.74, 6) is -0.455. The number of hydrogen-bond donors (Lipinski definition) is 3. The van der Waals surface area contributed by atoms with Gasteiger partial charge < -0.3 is 11.1 Å². The Morgan fingerprint density at radius 1 is 1.43 bits per heavy atom. The fourth-order valence-electron chi connectivity index (χ4n) is 0.895. The maximum absolute atomic E-state index is 11.4. The summed E-state index contributed by atoms with van der Waals surface area (Å²) >= 11 is 0. The van der Waals surface area contributed by atoms with E-state index < -0.39 is 18.0 Å². The van der Waals surface area contributed by atoms with Crippen molar-refractivity contribution in [3.8, 4) is 0 Å². The zero-order valence-electron chi connectivity index (χ0n) is 8.66. The van der Waals surface area contributed by atoms with Gasteiger partial charge in [-0.3, -0.25) is 9.63 Å². The van der Waals surface area contributed by atoms with Crippen molar-refractivity contribution in [2.24, 2.45) is 11.7 Å². The van der Waals surface area contributed by atoms with Crippen LogP contribution in [-0.2, 0) is 9.63 Å². The molecule has 6 heteroatoms. The highest BCUT2D eigenvalue weighted by Crippen LogP contribution is 2.01. The van der Waals surface area contributed by atoms with E-state index in [9.17, 15) is 9.59 Å². The molecule has 3 amide bonds. The third kappa shape index (κ3) is 4.66. The Kier molecular flexibility index (Phi) is 5.62. The van der Waals surface area contributed by atoms with Crippen LogP contribution in [-0.4, -0.2) is 24.6 Å². The van der Waals surface area contributed by atoms with Gasteiger partial charge in [0, 0.05) is 0 Å². The van der Waals surface area contributed by atoms with Crippen molar-refractivity contribution in [3.05, 3.63) is 0 Å². The second kappa shape index (κ2) is 6.20. The van der Waals surface area contributed by atoms with Crippen molar-refractivity contribution in [1.29, 1.82) is 0 Å². The maximum Gasteiger partial charge on any atom is 0.312 e. The number of rotatable bonds is 5. The first-order chi connectivity index (χ1) is 6.49. The maximum atomic E-state index is 11.4. The zero-order valence-corrected chi connectivity index (χ0v) is 8.66. The largest absolute Gasteiger partial charge is 0.352 e. The summed E-state index contributed by atoms with van der Waals surface area (Å²) in [5.41, 5.74) is 7.14. The lowest BCUT2D eigenvalue weighted by molar-refractivity contribution is -0.136. The molecule has 4 N–H and O–H groups in total. The average Bonchev–Trinajstić information content (AvgIpc) is 2.09. The molecule has 1 unspecified atom stereocenters. The SMILES string of the molecule is CCONC(=O)C(NC(N)=O)C(C)C. The van der Waals surface area contributed by atoms with Crippen molar-refractivity contribution in [2.75, 3.05) is 6.61 Å². The van der Waals surface area contributed by atoms with Gasteiger partial charge in [-0.2, -0.15) is 0 Å². The average molecular weight is 203 g/mol. The molecule has 1 atom stereocenters. The van der Waals surface area contributed by atoms with E-state index in [1.165, 1.54) is 0 Å². The smallest absolute Gasteiger partial charge is 0.312 e. The lowest BCUT2D eigenvalue weighted by Gasteiger charge is -2.19. The number of urea groups is 1. The first kappa shape index (κ1) is 12.7. The van der Waals surface area contributed by atoms with E-state index in [2.05, 4.69) is 10.8 Å². The van der Waals surface area contributed by atoms with Crippen molar-refractivity contribution in [2.45, 2.75) is 26.8 Å². The Morgan fingerprint density at radius 3 is 2.36 bits per heavy atom. The minimum absolute atomic E-state index is 0.0528. The molecular formula is C8H17N3O3. The molecule has 0 aliphatic carbocycles. The van der Waals surface area contributed by atoms with Gasteiger partial charge in [-0.25, -0.2) is 10.3 Å². The molecule has 14 heavy (non-hydrogen) atoms. The predicted octanol–water partition coefficient (Wildman–Crippen LogP) is -0.253. The summed E-state index contributed by atoms with van der Waals surface area (Å²) in [5, 5.41) is 2.33. The fourth-order valence-corrected chi connectivity index (χ4v) is 0.895. The van der Waals surface area contributed by atoms with Crippen LogP contribution in [0.15, 0.2) is 0 Å². The molecule has 0 aromatic rings. The second-order valence-corrected chi connectivity index (χ2v) is 3.13. The predicted molar refractivity (Wildman–Crippen MR) is 51.1 cm³/mol. The van der Waals surface area contributed by atoms with Gasteiger partial charge in [0.15, 0.2) is 0 Å². The van der Waals surface area contributed by atoms with Crippen LogP contribution in [0.25, 0.3) is 0 Å². The monoisotopic (exact) mass is 203 g/mol. The second-order valence-electron chi connectivity index (χ2n) is 3.13. The van der Waals surface area contributed by atoms with Crippen molar-refractivity contribution < 1.29 is 14.4 Å². The normalized spacial score (nSPS) is 12.3. The number of amides is 3. The number of primary amides is 1. The molecule has 82 valence electrons. The number of nitrogens with two attached hydrogens (primary N) is 1. The van der Waals surface area contributed by atoms with Gasteiger partial charge in [-0.05, 0) is 12.8 Å². The zero-order chi connectivity index (χ0) is 11.1. The van der Waals surface area contributed by atoms with E-state index in [0.29, 0.717) is 6.61 Å². The van der Waals surface area contributed by atoms with Crippen molar-refractivity contribution in [3.63, 3.8) is 0 Å². The molecule has 0 fully saturated rings. The Bertz CT molecular complexity index is 206. The summed E-state index contributed by atoms with van der Waals surface area (Å²) in [6, 6.07) is -1.39. The Balaban J connectivity index is 4.19. The van der Waals surface area contributed by atoms with E-state index in [-0.39, 0.29) is 5.92 Å². The van der Waals surface area contributed by atoms with E-state index in [1.54, 1.807) is 20.8 Å². The van der Waals surface area contributed by atoms with Crippen LogP contribution >= 0.6 is 0 Å². The van der Waals surface area contributed by atoms with Gasteiger partial charge in [-0.1, -0.05) is 13.8 Å². The molecule has 0 aliphatic heterocycles. The molecule has 0 aromatic heterocycles. The Labute approximate surface area is 83.1 Å². The minimum atomic E-state index is -0.727. The van der Waals surface area contributed by atoms with Gasteiger partial charge in [0.05, 0.1) is 6.61 Å². The number of carbonyl (C=O) groups excluding carboxylic acids is 2. The molecule has 0 bridgehead atoms. The van der Waals surface area contributed by atoms with Gasteiger partial charge in [-0.15, -0.1) is 0 Å². The molecule has 0 radical (unpaired) electrons. The van der Waals surface area contributed by atoms with Crippen LogP contribution in [0.5, 0.6) is 0 Å². The minimum Gasteiger partial charge on any atom is -0.352 e. The first-order valence-corrected chi connectivity index (χ1v) is 4.46. The van der Waals surface area contributed by atoms with Gasteiger partial charge >= 0.3 is 6.03 Å². The number of hydroxylamine groups is 1. The van der Waals surface area contributed by atoms with E-state index in [0.717, 1.165) is 0 Å². The molecule has 0 saturated carbocycles. The first-order valence-electron chi connectivity index (χ1n) is 4.46. The summed E-state index contributed by atoms with van der Waals surface area (Å²) in [7, 11) is 0. The third-order valence-electron chi connectivity index (χ3n) is 1.56. The van der Waals surface area contributed by atoms with Crippen molar-refractivity contribution >= 4 is 11.9 Å². The molecular weight excluding hydrogens is 186 g/mol. The molecule has 0 saturated heterocycles. The van der Waals surface area contributed by atoms with Crippen LogP contribution in [0.3, 0.4) is 0 Å². The highest BCUT2D eigenvalue weighted by atomic mass is 16.6. The van der Waals surface area contributed by atoms with Crippen LogP contribution < -0.4 is 16.5 Å². The van der Waals surface area contributed by atoms with Crippen LogP contribution in [0.1, 0.15) is 20.8 Å². The fraction of sp³-hybridized carbons (Fsp3) is 0.750. The van der Waals surface area contributed by atoms with Crippen LogP contribution in [0.2, 0.25) is 0 Å². The van der Waals surface area contributed by atoms with Gasteiger partial charge in [0.1, 0.15) is 6.04 Å². The molecule has 0 rings (SSSR count). The number of carbonyl (C=O) groups is 2. The van der Waals surface area contributed by atoms with E-state index in [4.69, 9.17) is 10.6 Å². The standard InChI is InChI=1S/C8H17N3O3/c1-4-14-11-7(12)6(5(2)3)10-8(9)13/h5-6H,4H2,1-3H3,(H,11,12)(H3,9,10,13). The summed E-state index contributed by atoms with van der Waals surface area (Å²) in [6.07, 6.45) is 0. The lowest BCUT2D eigenvalue weighted by atomic mass is 10.0. The lowest BCUT2D eigenvalue weighted by Crippen LogP contribution is -2.51. The third-order valence-corrected chi connectivity index (χ3v) is 1.56. The van der Waals surface area contributed by atoms with E-state index in [1.807, 2.05) is 0 Å². The van der Waals surface area contributed by atoms with Gasteiger partial charge in [0.25, 0.3) is 5.91 Å². The summed E-state index contributed by atoms with van der Waals surface area (Å²) < 4.78 is 0. The quantitative estimate of drug-likeness (QED) is 0.538. The van der Waals surface area contributed by atoms with Crippen molar-refractivity contribution in [1.82, 2.24) is 10.8 Å². The summed E-state index contributed by atoms with van der Waals surface area (Å²) in [4.78, 5) is 26.7. The van der Waals surface area contributed by atoms with Crippen LogP contribution in [0, 0.1) is 5.92 Å². The van der Waals surface area contributed by atoms with Crippen LogP contribution in [0.4, 0.5) is 4.79 Å².